The van der Waals surface area contributed by atoms with Crippen molar-refractivity contribution in [1.82, 2.24) is 9.97 Å². The molecular weight excluding hydrogens is 264 g/mol. The van der Waals surface area contributed by atoms with Crippen LogP contribution in [0.5, 0.6) is 0 Å². The van der Waals surface area contributed by atoms with E-state index in [0.717, 1.165) is 68.2 Å². The van der Waals surface area contributed by atoms with Gasteiger partial charge in [-0.3, -0.25) is 0 Å². The summed E-state index contributed by atoms with van der Waals surface area (Å²) < 4.78 is 0. The fourth-order valence-corrected chi connectivity index (χ4v) is 2.91. The molecular formula is C16H28N4O. The summed E-state index contributed by atoms with van der Waals surface area (Å²) in [6, 6.07) is 0. The van der Waals surface area contributed by atoms with Crippen molar-refractivity contribution < 1.29 is 5.11 Å². The minimum atomic E-state index is -0.548. The van der Waals surface area contributed by atoms with Gasteiger partial charge < -0.3 is 15.3 Å². The minimum absolute atomic E-state index is 0.548. The molecule has 5 heteroatoms. The Balaban J connectivity index is 2.31. The second-order valence-corrected chi connectivity index (χ2v) is 6.27. The Morgan fingerprint density at radius 2 is 2.05 bits per heavy atom. The first-order valence-electron chi connectivity index (χ1n) is 7.99. The van der Waals surface area contributed by atoms with Crippen molar-refractivity contribution in [2.45, 2.75) is 58.5 Å². The molecule has 0 amide bonds. The summed E-state index contributed by atoms with van der Waals surface area (Å²) in [7, 11) is 1.90. The van der Waals surface area contributed by atoms with Crippen molar-refractivity contribution >= 4 is 11.6 Å². The molecule has 1 aliphatic heterocycles. The highest BCUT2D eigenvalue weighted by Gasteiger charge is 2.26. The monoisotopic (exact) mass is 292 g/mol. The van der Waals surface area contributed by atoms with E-state index in [0.29, 0.717) is 0 Å². The van der Waals surface area contributed by atoms with Gasteiger partial charge in [0.25, 0.3) is 0 Å². The average molecular weight is 292 g/mol. The van der Waals surface area contributed by atoms with E-state index in [1.165, 1.54) is 0 Å². The Morgan fingerprint density at radius 3 is 2.71 bits per heavy atom. The maximum atomic E-state index is 10.3. The highest BCUT2D eigenvalue weighted by Crippen LogP contribution is 2.28. The third-order valence-electron chi connectivity index (χ3n) is 4.24. The molecule has 1 fully saturated rings. The SMILES string of the molecule is CCCc1nc(NC)c(C)c(N2CCCC(C)(O)CC2)n1. The second kappa shape index (κ2) is 6.60. The Morgan fingerprint density at radius 1 is 1.29 bits per heavy atom. The normalized spacial score (nSPS) is 23.0. The van der Waals surface area contributed by atoms with Crippen LogP contribution in [0.4, 0.5) is 11.6 Å². The summed E-state index contributed by atoms with van der Waals surface area (Å²) in [6.45, 7) is 7.94. The van der Waals surface area contributed by atoms with Gasteiger partial charge in [0.05, 0.1) is 5.60 Å². The van der Waals surface area contributed by atoms with Crippen molar-refractivity contribution in [2.24, 2.45) is 0 Å². The highest BCUT2D eigenvalue weighted by atomic mass is 16.3. The van der Waals surface area contributed by atoms with E-state index in [1.807, 2.05) is 14.0 Å². The van der Waals surface area contributed by atoms with E-state index in [2.05, 4.69) is 29.0 Å². The van der Waals surface area contributed by atoms with Crippen LogP contribution in [-0.4, -0.2) is 40.8 Å². The number of rotatable bonds is 4. The number of hydrogen-bond donors (Lipinski definition) is 2. The molecule has 0 aromatic carbocycles. The third-order valence-corrected chi connectivity index (χ3v) is 4.24. The van der Waals surface area contributed by atoms with Gasteiger partial charge in [0.15, 0.2) is 0 Å². The zero-order chi connectivity index (χ0) is 15.5. The fourth-order valence-electron chi connectivity index (χ4n) is 2.91. The van der Waals surface area contributed by atoms with Crippen LogP contribution in [-0.2, 0) is 6.42 Å². The molecule has 1 aromatic heterocycles. The number of hydrogen-bond acceptors (Lipinski definition) is 5. The quantitative estimate of drug-likeness (QED) is 0.893. The van der Waals surface area contributed by atoms with Gasteiger partial charge in [-0.05, 0) is 39.5 Å². The molecule has 0 spiro atoms. The van der Waals surface area contributed by atoms with Crippen LogP contribution < -0.4 is 10.2 Å². The smallest absolute Gasteiger partial charge is 0.137 e. The molecule has 2 rings (SSSR count). The lowest BCUT2D eigenvalue weighted by atomic mass is 9.98. The van der Waals surface area contributed by atoms with Crippen LogP contribution in [0.15, 0.2) is 0 Å². The molecule has 2 heterocycles. The molecule has 5 nitrogen and oxygen atoms in total. The number of aromatic nitrogens is 2. The Hall–Kier alpha value is -1.36. The van der Waals surface area contributed by atoms with Gasteiger partial charge in [-0.1, -0.05) is 6.92 Å². The summed E-state index contributed by atoms with van der Waals surface area (Å²) >= 11 is 0. The molecule has 1 unspecified atom stereocenters. The van der Waals surface area contributed by atoms with E-state index in [1.54, 1.807) is 0 Å². The first kappa shape index (κ1) is 16.0. The first-order chi connectivity index (χ1) is 9.96. The molecule has 0 aliphatic carbocycles. The summed E-state index contributed by atoms with van der Waals surface area (Å²) in [5, 5.41) is 13.4. The van der Waals surface area contributed by atoms with Crippen LogP contribution in [0.2, 0.25) is 0 Å². The minimum Gasteiger partial charge on any atom is -0.390 e. The van der Waals surface area contributed by atoms with Gasteiger partial charge >= 0.3 is 0 Å². The summed E-state index contributed by atoms with van der Waals surface area (Å²) in [6.07, 6.45) is 4.57. The van der Waals surface area contributed by atoms with Gasteiger partial charge in [-0.15, -0.1) is 0 Å². The molecule has 118 valence electrons. The standard InChI is InChI=1S/C16H28N4O/c1-5-7-13-18-14(17-4)12(2)15(19-13)20-10-6-8-16(3,21)9-11-20/h21H,5-11H2,1-4H3,(H,17,18,19). The van der Waals surface area contributed by atoms with Crippen molar-refractivity contribution in [3.05, 3.63) is 11.4 Å². The maximum absolute atomic E-state index is 10.3. The molecule has 21 heavy (non-hydrogen) atoms. The van der Waals surface area contributed by atoms with Crippen molar-refractivity contribution in [2.75, 3.05) is 30.4 Å². The number of aryl methyl sites for hydroxylation is 1. The lowest BCUT2D eigenvalue weighted by Gasteiger charge is -2.26. The van der Waals surface area contributed by atoms with Gasteiger partial charge in [0.1, 0.15) is 17.5 Å². The molecule has 0 bridgehead atoms. The summed E-state index contributed by atoms with van der Waals surface area (Å²) in [4.78, 5) is 11.7. The topological polar surface area (TPSA) is 61.3 Å². The number of nitrogens with zero attached hydrogens (tertiary/aromatic N) is 3. The largest absolute Gasteiger partial charge is 0.390 e. The summed E-state index contributed by atoms with van der Waals surface area (Å²) in [5.74, 6) is 2.84. The fraction of sp³-hybridized carbons (Fsp3) is 0.750. The van der Waals surface area contributed by atoms with Crippen molar-refractivity contribution in [3.63, 3.8) is 0 Å². The van der Waals surface area contributed by atoms with Crippen molar-refractivity contribution in [1.29, 1.82) is 0 Å². The molecule has 1 atom stereocenters. The van der Waals surface area contributed by atoms with Crippen LogP contribution in [0.25, 0.3) is 0 Å². The van der Waals surface area contributed by atoms with Crippen LogP contribution in [0, 0.1) is 6.92 Å². The predicted octanol–water partition coefficient (Wildman–Crippen LogP) is 2.52. The molecule has 0 saturated carbocycles. The van der Waals surface area contributed by atoms with E-state index in [-0.39, 0.29) is 0 Å². The van der Waals surface area contributed by atoms with Crippen LogP contribution >= 0.6 is 0 Å². The van der Waals surface area contributed by atoms with Gasteiger partial charge in [-0.2, -0.15) is 0 Å². The first-order valence-corrected chi connectivity index (χ1v) is 7.99. The predicted molar refractivity (Wildman–Crippen MR) is 87.0 cm³/mol. The molecule has 1 aromatic rings. The lowest BCUT2D eigenvalue weighted by Crippen LogP contribution is -2.29. The summed E-state index contributed by atoms with van der Waals surface area (Å²) in [5.41, 5.74) is 0.548. The highest BCUT2D eigenvalue weighted by molar-refractivity contribution is 5.58. The third kappa shape index (κ3) is 3.84. The van der Waals surface area contributed by atoms with E-state index < -0.39 is 5.60 Å². The van der Waals surface area contributed by atoms with Gasteiger partial charge in [0, 0.05) is 32.1 Å². The molecule has 2 N–H and O–H groups in total. The Labute approximate surface area is 127 Å². The van der Waals surface area contributed by atoms with Crippen molar-refractivity contribution in [3.8, 4) is 0 Å². The maximum Gasteiger partial charge on any atom is 0.137 e. The molecule has 1 aliphatic rings. The zero-order valence-corrected chi connectivity index (χ0v) is 13.7. The molecule has 1 saturated heterocycles. The van der Waals surface area contributed by atoms with E-state index in [4.69, 9.17) is 4.98 Å². The second-order valence-electron chi connectivity index (χ2n) is 6.27. The lowest BCUT2D eigenvalue weighted by molar-refractivity contribution is 0.0481. The Bertz CT molecular complexity index is 487. The van der Waals surface area contributed by atoms with E-state index >= 15 is 0 Å². The number of nitrogens with one attached hydrogen (secondary N) is 1. The van der Waals surface area contributed by atoms with E-state index in [9.17, 15) is 5.11 Å². The van der Waals surface area contributed by atoms with Gasteiger partial charge in [-0.25, -0.2) is 9.97 Å². The van der Waals surface area contributed by atoms with Crippen LogP contribution in [0.1, 0.15) is 50.9 Å². The molecule has 0 radical (unpaired) electrons. The number of anilines is 2. The zero-order valence-electron chi connectivity index (χ0n) is 13.7. The van der Waals surface area contributed by atoms with Crippen LogP contribution in [0.3, 0.4) is 0 Å². The number of aliphatic hydroxyl groups is 1. The Kier molecular flexibility index (Phi) is 5.04. The van der Waals surface area contributed by atoms with Gasteiger partial charge in [0.2, 0.25) is 0 Å². The average Bonchev–Trinajstić information content (AvgIpc) is 2.62.